The second kappa shape index (κ2) is 4.67. The van der Waals surface area contributed by atoms with E-state index < -0.39 is 0 Å². The Labute approximate surface area is 102 Å². The van der Waals surface area contributed by atoms with E-state index in [0.717, 1.165) is 17.1 Å². The number of hydrogen-bond acceptors (Lipinski definition) is 5. The van der Waals surface area contributed by atoms with E-state index in [0.29, 0.717) is 21.5 Å². The first-order valence-corrected chi connectivity index (χ1v) is 5.77. The van der Waals surface area contributed by atoms with E-state index in [9.17, 15) is 0 Å². The molecule has 16 heavy (non-hydrogen) atoms. The lowest BCUT2D eigenvalue weighted by atomic mass is 10.2. The van der Waals surface area contributed by atoms with Crippen LogP contribution in [0.5, 0.6) is 5.75 Å². The number of nitrogens with two attached hydrogens (primary N) is 1. The normalized spacial score (nSPS) is 10.4. The van der Waals surface area contributed by atoms with Gasteiger partial charge in [-0.3, -0.25) is 0 Å². The van der Waals surface area contributed by atoms with Gasteiger partial charge in [-0.15, -0.1) is 5.10 Å². The van der Waals surface area contributed by atoms with Crippen LogP contribution in [0.4, 0.5) is 5.00 Å². The van der Waals surface area contributed by atoms with Crippen molar-refractivity contribution in [3.8, 4) is 5.75 Å². The third-order valence-electron chi connectivity index (χ3n) is 2.04. The predicted octanol–water partition coefficient (Wildman–Crippen LogP) is 2.66. The fourth-order valence-corrected chi connectivity index (χ4v) is 1.91. The Kier molecular flexibility index (Phi) is 3.26. The van der Waals surface area contributed by atoms with Crippen LogP contribution in [0.3, 0.4) is 0 Å². The molecule has 0 spiro atoms. The van der Waals surface area contributed by atoms with Crippen molar-refractivity contribution in [3.63, 3.8) is 0 Å². The summed E-state index contributed by atoms with van der Waals surface area (Å²) in [5, 5.41) is 5.01. The molecule has 1 aromatic heterocycles. The maximum absolute atomic E-state index is 6.02. The van der Waals surface area contributed by atoms with Gasteiger partial charge < -0.3 is 10.5 Å². The number of hydrogen-bond donors (Lipinski definition) is 1. The Balaban J connectivity index is 2.08. The van der Waals surface area contributed by atoms with E-state index in [4.69, 9.17) is 22.1 Å². The second-order valence-electron chi connectivity index (χ2n) is 3.31. The van der Waals surface area contributed by atoms with Gasteiger partial charge >= 0.3 is 0 Å². The number of benzene rings is 1. The molecule has 0 atom stereocenters. The van der Waals surface area contributed by atoms with Crippen molar-refractivity contribution in [2.45, 2.75) is 13.5 Å². The van der Waals surface area contributed by atoms with Crippen LogP contribution in [-0.2, 0) is 6.61 Å². The first-order chi connectivity index (χ1) is 7.66. The summed E-state index contributed by atoms with van der Waals surface area (Å²) in [6, 6.07) is 5.61. The quantitative estimate of drug-likeness (QED) is 0.916. The lowest BCUT2D eigenvalue weighted by molar-refractivity contribution is 0.302. The monoisotopic (exact) mass is 255 g/mol. The zero-order chi connectivity index (χ0) is 11.5. The summed E-state index contributed by atoms with van der Waals surface area (Å²) in [5.41, 5.74) is 7.38. The van der Waals surface area contributed by atoms with Crippen molar-refractivity contribution in [1.29, 1.82) is 0 Å². The highest BCUT2D eigenvalue weighted by molar-refractivity contribution is 7.09. The molecule has 0 radical (unpaired) electrons. The van der Waals surface area contributed by atoms with Gasteiger partial charge in [-0.2, -0.15) is 0 Å². The molecule has 2 rings (SSSR count). The van der Waals surface area contributed by atoms with Crippen molar-refractivity contribution < 1.29 is 4.74 Å². The lowest BCUT2D eigenvalue weighted by Crippen LogP contribution is -1.99. The van der Waals surface area contributed by atoms with Gasteiger partial charge in [0.25, 0.3) is 0 Å². The van der Waals surface area contributed by atoms with Crippen LogP contribution >= 0.6 is 23.1 Å². The first kappa shape index (κ1) is 11.2. The summed E-state index contributed by atoms with van der Waals surface area (Å²) in [4.78, 5) is 0. The molecule has 0 bridgehead atoms. The Morgan fingerprint density at radius 3 is 2.94 bits per heavy atom. The Bertz CT molecular complexity index is 501. The number of halogens is 1. The molecule has 1 heterocycles. The van der Waals surface area contributed by atoms with Crippen molar-refractivity contribution >= 4 is 28.1 Å². The molecule has 0 saturated carbocycles. The first-order valence-electron chi connectivity index (χ1n) is 4.62. The Hall–Kier alpha value is -1.33. The molecule has 0 fully saturated rings. The van der Waals surface area contributed by atoms with Gasteiger partial charge in [0.1, 0.15) is 23.1 Å². The molecule has 6 heteroatoms. The summed E-state index contributed by atoms with van der Waals surface area (Å²) in [5.74, 6) is 0.625. The van der Waals surface area contributed by atoms with Crippen LogP contribution in [-0.4, -0.2) is 9.59 Å². The SMILES string of the molecule is Cc1ccc(OCc2nnsc2N)c(Cl)c1. The maximum atomic E-state index is 6.02. The average molecular weight is 256 g/mol. The summed E-state index contributed by atoms with van der Waals surface area (Å²) in [6.07, 6.45) is 0. The zero-order valence-electron chi connectivity index (χ0n) is 8.61. The van der Waals surface area contributed by atoms with Gasteiger partial charge in [0.2, 0.25) is 0 Å². The summed E-state index contributed by atoms with van der Waals surface area (Å²) in [6.45, 7) is 2.25. The molecular weight excluding hydrogens is 246 g/mol. The lowest BCUT2D eigenvalue weighted by Gasteiger charge is -2.06. The Morgan fingerprint density at radius 1 is 1.50 bits per heavy atom. The molecule has 0 saturated heterocycles. The molecule has 0 aliphatic rings. The van der Waals surface area contributed by atoms with Crippen LogP contribution in [0, 0.1) is 6.92 Å². The molecule has 84 valence electrons. The van der Waals surface area contributed by atoms with E-state index in [1.54, 1.807) is 0 Å². The van der Waals surface area contributed by atoms with Gasteiger partial charge in [0, 0.05) is 11.5 Å². The van der Waals surface area contributed by atoms with Gasteiger partial charge in [-0.1, -0.05) is 22.2 Å². The number of rotatable bonds is 3. The molecule has 2 N–H and O–H groups in total. The maximum Gasteiger partial charge on any atom is 0.138 e. The van der Waals surface area contributed by atoms with E-state index in [1.165, 1.54) is 0 Å². The van der Waals surface area contributed by atoms with Crippen molar-refractivity contribution in [3.05, 3.63) is 34.5 Å². The van der Waals surface area contributed by atoms with Crippen LogP contribution in [0.25, 0.3) is 0 Å². The predicted molar refractivity (Wildman–Crippen MR) is 64.8 cm³/mol. The number of aryl methyl sites for hydroxylation is 1. The molecule has 0 amide bonds. The van der Waals surface area contributed by atoms with Crippen molar-refractivity contribution in [2.24, 2.45) is 0 Å². The average Bonchev–Trinajstić information content (AvgIpc) is 2.63. The molecule has 2 aromatic rings. The molecule has 0 aliphatic carbocycles. The van der Waals surface area contributed by atoms with Gasteiger partial charge in [-0.05, 0) is 24.6 Å². The zero-order valence-corrected chi connectivity index (χ0v) is 10.2. The molecule has 0 unspecified atom stereocenters. The van der Waals surface area contributed by atoms with Crippen molar-refractivity contribution in [1.82, 2.24) is 9.59 Å². The number of aromatic nitrogens is 2. The van der Waals surface area contributed by atoms with E-state index >= 15 is 0 Å². The minimum atomic E-state index is 0.283. The molecule has 1 aromatic carbocycles. The topological polar surface area (TPSA) is 61.0 Å². The summed E-state index contributed by atoms with van der Waals surface area (Å²) in [7, 11) is 0. The largest absolute Gasteiger partial charge is 0.486 e. The van der Waals surface area contributed by atoms with Crippen LogP contribution < -0.4 is 10.5 Å². The van der Waals surface area contributed by atoms with E-state index in [-0.39, 0.29) is 6.61 Å². The minimum Gasteiger partial charge on any atom is -0.486 e. The minimum absolute atomic E-state index is 0.283. The number of ether oxygens (including phenoxy) is 1. The van der Waals surface area contributed by atoms with Gasteiger partial charge in [0.15, 0.2) is 0 Å². The van der Waals surface area contributed by atoms with E-state index in [1.807, 2.05) is 25.1 Å². The summed E-state index contributed by atoms with van der Waals surface area (Å²) >= 11 is 7.17. The highest BCUT2D eigenvalue weighted by Crippen LogP contribution is 2.26. The van der Waals surface area contributed by atoms with Gasteiger partial charge in [0.05, 0.1) is 5.02 Å². The number of nitrogens with zero attached hydrogens (tertiary/aromatic N) is 2. The Morgan fingerprint density at radius 2 is 2.31 bits per heavy atom. The molecule has 4 nitrogen and oxygen atoms in total. The number of anilines is 1. The van der Waals surface area contributed by atoms with Crippen LogP contribution in [0.15, 0.2) is 18.2 Å². The third-order valence-corrected chi connectivity index (χ3v) is 2.93. The third kappa shape index (κ3) is 2.43. The van der Waals surface area contributed by atoms with Gasteiger partial charge in [-0.25, -0.2) is 0 Å². The highest BCUT2D eigenvalue weighted by Gasteiger charge is 2.07. The standard InChI is InChI=1S/C10H10ClN3OS/c1-6-2-3-9(7(11)4-6)15-5-8-10(12)16-14-13-8/h2-4H,5,12H2,1H3. The van der Waals surface area contributed by atoms with Crippen LogP contribution in [0.2, 0.25) is 5.02 Å². The highest BCUT2D eigenvalue weighted by atomic mass is 35.5. The second-order valence-corrected chi connectivity index (χ2v) is 4.50. The van der Waals surface area contributed by atoms with Crippen molar-refractivity contribution in [2.75, 3.05) is 5.73 Å². The summed E-state index contributed by atoms with van der Waals surface area (Å²) < 4.78 is 9.23. The number of nitrogen functional groups attached to an aromatic ring is 1. The van der Waals surface area contributed by atoms with Crippen LogP contribution in [0.1, 0.15) is 11.3 Å². The fraction of sp³-hybridized carbons (Fsp3) is 0.200. The fourth-order valence-electron chi connectivity index (χ4n) is 1.18. The molecule has 0 aliphatic heterocycles. The smallest absolute Gasteiger partial charge is 0.138 e. The van der Waals surface area contributed by atoms with E-state index in [2.05, 4.69) is 9.59 Å². The molecular formula is C10H10ClN3OS.